The maximum atomic E-state index is 10.9. The van der Waals surface area contributed by atoms with E-state index in [1.54, 1.807) is 0 Å². The molecule has 5 nitrogen and oxygen atoms in total. The Morgan fingerprint density at radius 2 is 1.59 bits per heavy atom. The van der Waals surface area contributed by atoms with Crippen molar-refractivity contribution in [1.29, 1.82) is 0 Å². The van der Waals surface area contributed by atoms with Crippen LogP contribution in [0.3, 0.4) is 0 Å². The van der Waals surface area contributed by atoms with E-state index in [9.17, 15) is 4.79 Å². The SMILES string of the molecule is CCC[CH2][Sn]([CH2]CCC)([CH2]CCC)[c]1cn(CC(=O)O)nn1. The summed E-state index contributed by atoms with van der Waals surface area (Å²) < 4.78 is 6.70. The zero-order valence-corrected chi connectivity index (χ0v) is 17.2. The van der Waals surface area contributed by atoms with Crippen LogP contribution in [-0.2, 0) is 11.3 Å². The van der Waals surface area contributed by atoms with Crippen LogP contribution in [0.5, 0.6) is 0 Å². The van der Waals surface area contributed by atoms with Crippen LogP contribution in [0.15, 0.2) is 6.20 Å². The van der Waals surface area contributed by atoms with Crippen molar-refractivity contribution in [1.82, 2.24) is 15.0 Å². The number of hydrogen-bond donors (Lipinski definition) is 1. The van der Waals surface area contributed by atoms with Gasteiger partial charge in [0.05, 0.1) is 0 Å². The molecule has 126 valence electrons. The summed E-state index contributed by atoms with van der Waals surface area (Å²) >= 11 is -2.53. The first kappa shape index (κ1) is 19.5. The van der Waals surface area contributed by atoms with E-state index >= 15 is 0 Å². The summed E-state index contributed by atoms with van der Waals surface area (Å²) in [5, 5.41) is 17.5. The molecule has 22 heavy (non-hydrogen) atoms. The van der Waals surface area contributed by atoms with Crippen LogP contribution in [0.1, 0.15) is 59.3 Å². The minimum absolute atomic E-state index is 0.0791. The van der Waals surface area contributed by atoms with Crippen LogP contribution in [0.2, 0.25) is 13.3 Å². The monoisotopic (exact) mass is 417 g/mol. The van der Waals surface area contributed by atoms with Gasteiger partial charge in [0.25, 0.3) is 0 Å². The third-order valence-electron chi connectivity index (χ3n) is 4.41. The fraction of sp³-hybridized carbons (Fsp3) is 0.812. The number of nitrogens with zero attached hydrogens (tertiary/aromatic N) is 3. The van der Waals surface area contributed by atoms with Crippen molar-refractivity contribution >= 4 is 28.1 Å². The Morgan fingerprint density at radius 3 is 2.00 bits per heavy atom. The third-order valence-corrected chi connectivity index (χ3v) is 19.4. The number of hydrogen-bond acceptors (Lipinski definition) is 3. The number of carboxylic acid groups (broad SMARTS) is 1. The standard InChI is InChI=1S/C4H4N3O2.3C4H9.Sn/c8-4(9)3-7-2-1-5-6-7;3*1-3-4-2;/h2H,3H2,(H,8,9);3*1,3-4H2,2H3;. The van der Waals surface area contributed by atoms with E-state index in [1.165, 1.54) is 60.2 Å². The summed E-state index contributed by atoms with van der Waals surface area (Å²) in [7, 11) is 0. The normalized spacial score (nSPS) is 11.8. The van der Waals surface area contributed by atoms with E-state index in [0.717, 1.165) is 0 Å². The molecule has 0 spiro atoms. The molecule has 1 N–H and O–H groups in total. The fourth-order valence-electron chi connectivity index (χ4n) is 3.06. The van der Waals surface area contributed by atoms with E-state index < -0.39 is 24.3 Å². The Labute approximate surface area is 138 Å². The van der Waals surface area contributed by atoms with E-state index in [0.29, 0.717) is 0 Å². The maximum absolute atomic E-state index is 10.9. The molecule has 0 radical (unpaired) electrons. The van der Waals surface area contributed by atoms with Crippen molar-refractivity contribution in [3.63, 3.8) is 0 Å². The molecule has 1 aromatic heterocycles. The molecule has 0 aliphatic rings. The van der Waals surface area contributed by atoms with E-state index in [-0.39, 0.29) is 6.54 Å². The van der Waals surface area contributed by atoms with Gasteiger partial charge in [-0.3, -0.25) is 0 Å². The number of carboxylic acids is 1. The van der Waals surface area contributed by atoms with Crippen LogP contribution in [0.25, 0.3) is 0 Å². The van der Waals surface area contributed by atoms with Gasteiger partial charge in [0.1, 0.15) is 0 Å². The second kappa shape index (κ2) is 10.2. The van der Waals surface area contributed by atoms with Crippen LogP contribution >= 0.6 is 0 Å². The van der Waals surface area contributed by atoms with Crippen molar-refractivity contribution in [2.24, 2.45) is 0 Å². The summed E-state index contributed by atoms with van der Waals surface area (Å²) in [6.07, 6.45) is 9.44. The number of unbranched alkanes of at least 4 members (excludes halogenated alkanes) is 3. The molecule has 6 heteroatoms. The van der Waals surface area contributed by atoms with Gasteiger partial charge in [0, 0.05) is 0 Å². The van der Waals surface area contributed by atoms with Gasteiger partial charge in [0.2, 0.25) is 0 Å². The minimum atomic E-state index is -2.53. The number of aromatic nitrogens is 3. The summed E-state index contributed by atoms with van der Waals surface area (Å²) in [4.78, 5) is 10.9. The Hall–Kier alpha value is -0.591. The Bertz CT molecular complexity index is 427. The first-order chi connectivity index (χ1) is 10.6. The Morgan fingerprint density at radius 1 is 1.09 bits per heavy atom. The Kier molecular flexibility index (Phi) is 9.05. The summed E-state index contributed by atoms with van der Waals surface area (Å²) in [5.41, 5.74) is 0. The number of rotatable bonds is 12. The molecule has 0 unspecified atom stereocenters. The van der Waals surface area contributed by atoms with Gasteiger partial charge in [-0.2, -0.15) is 0 Å². The molecule has 0 bridgehead atoms. The molecule has 0 saturated carbocycles. The van der Waals surface area contributed by atoms with Gasteiger partial charge in [0.15, 0.2) is 0 Å². The van der Waals surface area contributed by atoms with Crippen LogP contribution in [0.4, 0.5) is 0 Å². The molecule has 0 aromatic carbocycles. The first-order valence-electron chi connectivity index (χ1n) is 8.70. The molecule has 1 heterocycles. The topological polar surface area (TPSA) is 68.0 Å². The zero-order chi connectivity index (χ0) is 16.4. The second-order valence-corrected chi connectivity index (χ2v) is 19.3. The summed E-state index contributed by atoms with van der Waals surface area (Å²) in [5.74, 6) is -0.854. The van der Waals surface area contributed by atoms with E-state index in [2.05, 4.69) is 31.1 Å². The van der Waals surface area contributed by atoms with Gasteiger partial charge in [-0.15, -0.1) is 0 Å². The average molecular weight is 416 g/mol. The Balaban J connectivity index is 3.02. The summed E-state index contributed by atoms with van der Waals surface area (Å²) in [6, 6.07) is 0. The first-order valence-corrected chi connectivity index (χ1v) is 16.2. The van der Waals surface area contributed by atoms with Crippen molar-refractivity contribution in [2.75, 3.05) is 0 Å². The molecule has 0 atom stereocenters. The van der Waals surface area contributed by atoms with Gasteiger partial charge >= 0.3 is 138 Å². The fourth-order valence-corrected chi connectivity index (χ4v) is 18.2. The van der Waals surface area contributed by atoms with Crippen LogP contribution < -0.4 is 3.71 Å². The third kappa shape index (κ3) is 5.89. The van der Waals surface area contributed by atoms with Gasteiger partial charge < -0.3 is 0 Å². The van der Waals surface area contributed by atoms with E-state index in [1.807, 2.05) is 6.20 Å². The molecule has 0 aliphatic carbocycles. The molecule has 0 saturated heterocycles. The molecule has 1 aromatic rings. The van der Waals surface area contributed by atoms with Crippen molar-refractivity contribution in [3.8, 4) is 0 Å². The quantitative estimate of drug-likeness (QED) is 0.531. The molecular formula is C16H31N3O2Sn. The second-order valence-electron chi connectivity index (χ2n) is 6.29. The molecule has 0 fully saturated rings. The van der Waals surface area contributed by atoms with Gasteiger partial charge in [-0.1, -0.05) is 0 Å². The predicted molar refractivity (Wildman–Crippen MR) is 92.2 cm³/mol. The summed E-state index contributed by atoms with van der Waals surface area (Å²) in [6.45, 7) is 6.66. The van der Waals surface area contributed by atoms with Gasteiger partial charge in [-0.25, -0.2) is 0 Å². The van der Waals surface area contributed by atoms with Crippen molar-refractivity contribution < 1.29 is 9.90 Å². The van der Waals surface area contributed by atoms with Crippen LogP contribution in [0, 0.1) is 0 Å². The van der Waals surface area contributed by atoms with Crippen molar-refractivity contribution in [3.05, 3.63) is 6.20 Å². The molecular weight excluding hydrogens is 385 g/mol. The zero-order valence-electron chi connectivity index (χ0n) is 14.3. The number of aliphatic carboxylic acids is 1. The molecule has 0 amide bonds. The van der Waals surface area contributed by atoms with Crippen molar-refractivity contribution in [2.45, 2.75) is 79.2 Å². The average Bonchev–Trinajstić information content (AvgIpc) is 2.95. The molecule has 1 rings (SSSR count). The molecule has 0 aliphatic heterocycles. The van der Waals surface area contributed by atoms with Gasteiger partial charge in [-0.05, 0) is 0 Å². The van der Waals surface area contributed by atoms with E-state index in [4.69, 9.17) is 5.11 Å². The van der Waals surface area contributed by atoms with Crippen LogP contribution in [-0.4, -0.2) is 44.4 Å². The predicted octanol–water partition coefficient (Wildman–Crippen LogP) is 3.42. The number of carbonyl (C=O) groups is 1.